The van der Waals surface area contributed by atoms with Gasteiger partial charge in [-0.25, -0.2) is 8.42 Å². The fraction of sp³-hybridized carbons (Fsp3) is 0.214. The molecule has 0 radical (unpaired) electrons. The zero-order chi connectivity index (χ0) is 27.7. The molecule has 0 amide bonds. The number of aryl methyl sites for hydroxylation is 1. The quantitative estimate of drug-likeness (QED) is 0.194. The molecule has 2 heterocycles. The van der Waals surface area contributed by atoms with Crippen molar-refractivity contribution in [3.05, 3.63) is 82.2 Å². The number of benzene rings is 3. The fourth-order valence-electron chi connectivity index (χ4n) is 4.65. The Balaban J connectivity index is 1.60. The number of carbonyl (C=O) groups is 1. The highest BCUT2D eigenvalue weighted by Gasteiger charge is 2.28. The van der Waals surface area contributed by atoms with Crippen LogP contribution < -0.4 is 9.47 Å². The number of carboxylic acid groups (broad SMARTS) is 1. The average molecular weight is 585 g/mol. The van der Waals surface area contributed by atoms with E-state index in [4.69, 9.17) is 16.0 Å². The Bertz CT molecular complexity index is 1760. The average Bonchev–Trinajstić information content (AvgIpc) is 3.40. The monoisotopic (exact) mass is 584 g/mol. The second kappa shape index (κ2) is 11.1. The van der Waals surface area contributed by atoms with Crippen LogP contribution in [0.15, 0.2) is 80.6 Å². The number of anilines is 1. The highest BCUT2D eigenvalue weighted by Crippen LogP contribution is 2.47. The summed E-state index contributed by atoms with van der Waals surface area (Å²) >= 11 is 7.66. The molecular weight excluding hydrogens is 560 g/mol. The van der Waals surface area contributed by atoms with Crippen molar-refractivity contribution in [2.45, 2.75) is 31.2 Å². The molecule has 0 aliphatic carbocycles. The Morgan fingerprint density at radius 3 is 2.74 bits per heavy atom. The molecule has 1 N–H and O–H groups in total. The molecule has 1 aromatic heterocycles. The number of rotatable bonds is 9. The van der Waals surface area contributed by atoms with Gasteiger partial charge in [-0.3, -0.25) is 4.79 Å². The van der Waals surface area contributed by atoms with Crippen LogP contribution >= 0.6 is 23.4 Å². The third-order valence-corrected chi connectivity index (χ3v) is 8.54. The molecular formula is C28H25ClN2O6S2. The minimum atomic E-state index is -4.36. The highest BCUT2D eigenvalue weighted by molar-refractivity contribution is 8.03. The summed E-state index contributed by atoms with van der Waals surface area (Å²) in [5.41, 5.74) is 3.06. The zero-order valence-electron chi connectivity index (χ0n) is 21.0. The maximum atomic E-state index is 11.7. The molecule has 3 aromatic carbocycles. The van der Waals surface area contributed by atoms with Crippen molar-refractivity contribution < 1.29 is 31.9 Å². The van der Waals surface area contributed by atoms with E-state index in [-0.39, 0.29) is 19.5 Å². The van der Waals surface area contributed by atoms with Crippen LogP contribution in [0, 0.1) is 0 Å². The first-order valence-electron chi connectivity index (χ1n) is 12.3. The Morgan fingerprint density at radius 2 is 2.00 bits per heavy atom. The second-order valence-electron chi connectivity index (χ2n) is 9.09. The van der Waals surface area contributed by atoms with Gasteiger partial charge in [-0.2, -0.15) is 4.57 Å². The van der Waals surface area contributed by atoms with E-state index in [1.54, 1.807) is 17.0 Å². The summed E-state index contributed by atoms with van der Waals surface area (Å²) in [5.74, 6) is -0.939. The molecule has 202 valence electrons. The van der Waals surface area contributed by atoms with E-state index in [1.807, 2.05) is 66.1 Å². The maximum Gasteiger partial charge on any atom is 0.374 e. The van der Waals surface area contributed by atoms with Crippen LogP contribution in [-0.4, -0.2) is 36.3 Å². The van der Waals surface area contributed by atoms with Gasteiger partial charge in [0.2, 0.25) is 5.58 Å². The molecule has 0 saturated carbocycles. The van der Waals surface area contributed by atoms with Crippen molar-refractivity contribution in [2.75, 3.05) is 17.2 Å². The van der Waals surface area contributed by atoms with Crippen LogP contribution in [0.1, 0.15) is 25.7 Å². The number of halogens is 1. The van der Waals surface area contributed by atoms with E-state index >= 15 is 0 Å². The lowest BCUT2D eigenvalue weighted by atomic mass is 10.1. The summed E-state index contributed by atoms with van der Waals surface area (Å²) in [6.45, 7) is 2.04. The van der Waals surface area contributed by atoms with E-state index in [2.05, 4.69) is 0 Å². The van der Waals surface area contributed by atoms with Crippen molar-refractivity contribution in [3.8, 4) is 0 Å². The Labute approximate surface area is 234 Å². The molecule has 0 spiro atoms. The van der Waals surface area contributed by atoms with E-state index in [9.17, 15) is 22.9 Å². The van der Waals surface area contributed by atoms with Gasteiger partial charge in [0.25, 0.3) is 5.52 Å². The molecule has 4 aromatic rings. The van der Waals surface area contributed by atoms with Crippen LogP contribution in [-0.2, 0) is 21.5 Å². The smallest absolute Gasteiger partial charge is 0.374 e. The minimum Gasteiger partial charge on any atom is -0.748 e. The number of oxazole rings is 1. The summed E-state index contributed by atoms with van der Waals surface area (Å²) in [6.07, 6.45) is 4.56. The third-order valence-electron chi connectivity index (χ3n) is 6.40. The number of hydrogen-bond acceptors (Lipinski definition) is 7. The van der Waals surface area contributed by atoms with Gasteiger partial charge in [0.1, 0.15) is 6.54 Å². The van der Waals surface area contributed by atoms with Gasteiger partial charge in [-0.1, -0.05) is 54.6 Å². The van der Waals surface area contributed by atoms with Gasteiger partial charge in [-0.05, 0) is 53.8 Å². The molecule has 0 atom stereocenters. The lowest BCUT2D eigenvalue weighted by molar-refractivity contribution is -0.677. The fourth-order valence-corrected chi connectivity index (χ4v) is 6.41. The number of thioether (sulfide) groups is 1. The van der Waals surface area contributed by atoms with E-state index < -0.39 is 21.8 Å². The summed E-state index contributed by atoms with van der Waals surface area (Å²) in [5, 5.41) is 12.8. The molecule has 0 bridgehead atoms. The first-order chi connectivity index (χ1) is 18.6. The van der Waals surface area contributed by atoms with Crippen LogP contribution in [0.25, 0.3) is 27.9 Å². The first kappa shape index (κ1) is 27.3. The van der Waals surface area contributed by atoms with Gasteiger partial charge in [-0.15, -0.1) is 0 Å². The zero-order valence-corrected chi connectivity index (χ0v) is 23.4. The topological polar surface area (TPSA) is 115 Å². The third kappa shape index (κ3) is 5.99. The largest absolute Gasteiger partial charge is 0.748 e. The van der Waals surface area contributed by atoms with Crippen LogP contribution in [0.3, 0.4) is 0 Å². The molecule has 0 unspecified atom stereocenters. The molecule has 0 saturated heterocycles. The molecule has 1 aliphatic heterocycles. The number of aromatic nitrogens is 1. The van der Waals surface area contributed by atoms with Gasteiger partial charge in [0.15, 0.2) is 6.54 Å². The van der Waals surface area contributed by atoms with E-state index in [1.165, 1.54) is 11.8 Å². The summed E-state index contributed by atoms with van der Waals surface area (Å²) < 4.78 is 42.0. The van der Waals surface area contributed by atoms with Crippen molar-refractivity contribution in [1.29, 1.82) is 0 Å². The molecule has 39 heavy (non-hydrogen) atoms. The number of hydrogen-bond donors (Lipinski definition) is 1. The Hall–Kier alpha value is -3.31. The van der Waals surface area contributed by atoms with Crippen molar-refractivity contribution in [3.63, 3.8) is 0 Å². The Morgan fingerprint density at radius 1 is 1.21 bits per heavy atom. The van der Waals surface area contributed by atoms with Gasteiger partial charge in [0.05, 0.1) is 32.3 Å². The molecule has 11 heteroatoms. The normalized spacial score (nSPS) is 15.0. The SMILES string of the molecule is CCC(=Cc1oc2ccc3ccccc3c2[n+]1CCCS(=O)(=O)[O-])C=C1Sc2ccc(Cl)cc2N1CC(=O)O. The van der Waals surface area contributed by atoms with Crippen molar-refractivity contribution >= 4 is 73.1 Å². The van der Waals surface area contributed by atoms with Crippen molar-refractivity contribution in [1.82, 2.24) is 0 Å². The van der Waals surface area contributed by atoms with Gasteiger partial charge < -0.3 is 19.0 Å². The Kier molecular flexibility index (Phi) is 7.73. The molecule has 8 nitrogen and oxygen atoms in total. The number of fused-ring (bicyclic) bond motifs is 4. The minimum absolute atomic E-state index is 0.135. The number of aliphatic carboxylic acids is 1. The lowest BCUT2D eigenvalue weighted by Crippen LogP contribution is -2.36. The molecule has 1 aliphatic rings. The summed E-state index contributed by atoms with van der Waals surface area (Å²) in [6, 6.07) is 17.1. The lowest BCUT2D eigenvalue weighted by Gasteiger charge is -2.18. The number of nitrogens with zero attached hydrogens (tertiary/aromatic N) is 2. The van der Waals surface area contributed by atoms with E-state index in [0.717, 1.165) is 37.5 Å². The predicted octanol–water partition coefficient (Wildman–Crippen LogP) is 5.79. The van der Waals surface area contributed by atoms with Gasteiger partial charge >= 0.3 is 11.9 Å². The van der Waals surface area contributed by atoms with Crippen LogP contribution in [0.2, 0.25) is 5.02 Å². The molecule has 5 rings (SSSR count). The second-order valence-corrected chi connectivity index (χ2v) is 12.1. The van der Waals surface area contributed by atoms with Crippen LogP contribution in [0.5, 0.6) is 0 Å². The van der Waals surface area contributed by atoms with Crippen molar-refractivity contribution in [2.24, 2.45) is 0 Å². The highest BCUT2D eigenvalue weighted by atomic mass is 35.5. The standard InChI is InChI=1S/C28H25ClN2O6S2/c1-2-18(15-26-31(17-27(32)33)22-16-20(29)9-11-24(22)38-26)14-25-30(12-5-13-39(34,35)36)28-21-7-4-3-6-19(21)8-10-23(28)37-25/h3-4,6-11,14-16H,2,5,12-13,17H2,1H3,(H-,32,33,34,35,36). The van der Waals surface area contributed by atoms with Gasteiger partial charge in [0, 0.05) is 22.1 Å². The predicted molar refractivity (Wildman–Crippen MR) is 152 cm³/mol. The summed E-state index contributed by atoms with van der Waals surface area (Å²) in [4.78, 5) is 14.3. The molecule has 0 fully saturated rings. The summed E-state index contributed by atoms with van der Waals surface area (Å²) in [7, 11) is -4.36. The van der Waals surface area contributed by atoms with Crippen LogP contribution in [0.4, 0.5) is 5.69 Å². The number of carboxylic acids is 1. The van der Waals surface area contributed by atoms with E-state index in [0.29, 0.717) is 22.9 Å². The maximum absolute atomic E-state index is 11.7. The number of allylic oxidation sites excluding steroid dienone is 2. The first-order valence-corrected chi connectivity index (χ1v) is 15.1.